The number of ketones is 1. The SMILES string of the molecule is COc1ccc(C(OC[C@H]2O[C@@H](n3cc(C)c(=O)[nH]c3=O)C[C@]2(O[P+](=O)[O-])C(C)=O)(c2ccccc2)c2ccc(OC)cc2)cc1. The third-order valence-electron chi connectivity index (χ3n) is 8.23. The topological polar surface area (TPSA) is 158 Å². The van der Waals surface area contributed by atoms with Gasteiger partial charge in [-0.3, -0.25) is 19.1 Å². The van der Waals surface area contributed by atoms with Crippen molar-refractivity contribution in [2.24, 2.45) is 0 Å². The number of aromatic nitrogens is 2. The highest BCUT2D eigenvalue weighted by Crippen LogP contribution is 2.47. The molecule has 1 aliphatic heterocycles. The molecule has 0 spiro atoms. The molecule has 0 bridgehead atoms. The molecule has 2 heterocycles. The highest BCUT2D eigenvalue weighted by Gasteiger charge is 2.59. The minimum Gasteiger partial charge on any atom is -0.566 e. The van der Waals surface area contributed by atoms with Crippen molar-refractivity contribution in [1.29, 1.82) is 0 Å². The van der Waals surface area contributed by atoms with Crippen LogP contribution in [-0.2, 0) is 29.0 Å². The predicted octanol–water partition coefficient (Wildman–Crippen LogP) is 3.52. The maximum atomic E-state index is 13.3. The molecule has 4 aromatic rings. The molecule has 1 N–H and O–H groups in total. The van der Waals surface area contributed by atoms with Gasteiger partial charge in [-0.25, -0.2) is 4.79 Å². The van der Waals surface area contributed by atoms with Gasteiger partial charge in [0, 0.05) is 18.2 Å². The molecule has 12 nitrogen and oxygen atoms in total. The number of Topliss-reactive ketones (excluding diaryl/α,β-unsaturated/α-hetero) is 1. The molecule has 1 aromatic heterocycles. The number of aromatic amines is 1. The van der Waals surface area contributed by atoms with Crippen molar-refractivity contribution < 1.29 is 37.7 Å². The Morgan fingerprint density at radius 1 is 0.978 bits per heavy atom. The minimum absolute atomic E-state index is 0.217. The fraction of sp³-hybridized carbons (Fsp3) is 0.303. The number of carbonyl (C=O) groups is 1. The highest BCUT2D eigenvalue weighted by molar-refractivity contribution is 7.30. The Balaban J connectivity index is 1.66. The lowest BCUT2D eigenvalue weighted by atomic mass is 9.79. The van der Waals surface area contributed by atoms with Crippen molar-refractivity contribution in [2.45, 2.75) is 43.8 Å². The summed E-state index contributed by atoms with van der Waals surface area (Å²) in [6, 6.07) is 23.9. The van der Waals surface area contributed by atoms with Gasteiger partial charge in [0.2, 0.25) is 5.60 Å². The molecule has 13 heteroatoms. The molecule has 5 rings (SSSR count). The van der Waals surface area contributed by atoms with Crippen molar-refractivity contribution in [1.82, 2.24) is 9.55 Å². The lowest BCUT2D eigenvalue weighted by Gasteiger charge is -2.38. The number of nitrogens with zero attached hydrogens (tertiary/aromatic N) is 1. The molecule has 4 atom stereocenters. The Morgan fingerprint density at radius 3 is 2.02 bits per heavy atom. The Morgan fingerprint density at radius 2 is 1.52 bits per heavy atom. The summed E-state index contributed by atoms with van der Waals surface area (Å²) in [5.41, 5.74) is -2.41. The summed E-state index contributed by atoms with van der Waals surface area (Å²) >= 11 is 0. The summed E-state index contributed by atoms with van der Waals surface area (Å²) in [5, 5.41) is 0. The third kappa shape index (κ3) is 6.18. The predicted molar refractivity (Wildman–Crippen MR) is 165 cm³/mol. The number of rotatable bonds is 12. The first-order chi connectivity index (χ1) is 22.0. The molecule has 3 aromatic carbocycles. The summed E-state index contributed by atoms with van der Waals surface area (Å²) < 4.78 is 42.4. The van der Waals surface area contributed by atoms with Crippen LogP contribution in [0.15, 0.2) is 94.6 Å². The Kier molecular flexibility index (Phi) is 9.66. The number of nitrogens with one attached hydrogen (secondary N) is 1. The van der Waals surface area contributed by atoms with Gasteiger partial charge in [-0.1, -0.05) is 54.6 Å². The molecular formula is C33H33N2O10P. The summed E-state index contributed by atoms with van der Waals surface area (Å²) in [6.07, 6.45) is -1.51. The van der Waals surface area contributed by atoms with E-state index in [4.69, 9.17) is 23.5 Å². The Bertz CT molecular complexity index is 1780. The van der Waals surface area contributed by atoms with Gasteiger partial charge in [-0.15, -0.1) is 4.52 Å². The van der Waals surface area contributed by atoms with Crippen molar-refractivity contribution in [3.8, 4) is 11.5 Å². The molecule has 0 saturated carbocycles. The summed E-state index contributed by atoms with van der Waals surface area (Å²) in [4.78, 5) is 52.4. The van der Waals surface area contributed by atoms with E-state index in [1.807, 2.05) is 54.6 Å². The average Bonchev–Trinajstić information content (AvgIpc) is 3.42. The first kappa shape index (κ1) is 32.9. The summed E-state index contributed by atoms with van der Waals surface area (Å²) in [5.74, 6) is 0.593. The second-order valence-electron chi connectivity index (χ2n) is 10.8. The van der Waals surface area contributed by atoms with Gasteiger partial charge in [-0.05, 0) is 59.4 Å². The molecule has 1 saturated heterocycles. The molecule has 0 radical (unpaired) electrons. The van der Waals surface area contributed by atoms with Crippen molar-refractivity contribution in [3.05, 3.63) is 128 Å². The smallest absolute Gasteiger partial charge is 0.489 e. The standard InChI is InChI=1S/C33H33N2O10P/c1-21-19-35(31(38)34-30(21)37)29-18-32(22(2)36,45-46(39)40)28(44-29)20-43-33(23-8-6-5-7-9-23,24-10-14-26(41-3)15-11-24)25-12-16-27(42-4)17-13-25/h5-17,19,28-29H,18,20H2,1-4H3,(H,34,37,38)/t28-,29-,32+/m1/s1. The third-order valence-corrected chi connectivity index (χ3v) is 8.71. The minimum atomic E-state index is -3.54. The van der Waals surface area contributed by atoms with Crippen LogP contribution in [0.3, 0.4) is 0 Å². The fourth-order valence-electron chi connectivity index (χ4n) is 5.82. The van der Waals surface area contributed by atoms with Crippen molar-refractivity contribution >= 4 is 14.0 Å². The quantitative estimate of drug-likeness (QED) is 0.178. The first-order valence-electron chi connectivity index (χ1n) is 14.3. The van der Waals surface area contributed by atoms with Crippen LogP contribution in [0, 0.1) is 6.92 Å². The number of benzene rings is 3. The molecule has 0 amide bonds. The van der Waals surface area contributed by atoms with Crippen LogP contribution >= 0.6 is 8.25 Å². The molecule has 1 aliphatic rings. The molecule has 240 valence electrons. The fourth-order valence-corrected chi connectivity index (χ4v) is 6.40. The van der Waals surface area contributed by atoms with E-state index in [-0.39, 0.29) is 18.6 Å². The summed E-state index contributed by atoms with van der Waals surface area (Å²) in [7, 11) is -0.417. The van der Waals surface area contributed by atoms with Gasteiger partial charge in [-0.2, -0.15) is 0 Å². The van der Waals surface area contributed by atoms with E-state index in [1.54, 1.807) is 38.5 Å². The van der Waals surface area contributed by atoms with Gasteiger partial charge in [0.05, 0.1) is 20.8 Å². The van der Waals surface area contributed by atoms with E-state index in [9.17, 15) is 23.8 Å². The Labute approximate surface area is 265 Å². The number of methoxy groups -OCH3 is 2. The van der Waals surface area contributed by atoms with Crippen LogP contribution in [0.4, 0.5) is 0 Å². The Hall–Kier alpha value is -4.45. The second kappa shape index (κ2) is 13.5. The second-order valence-corrected chi connectivity index (χ2v) is 11.5. The average molecular weight is 649 g/mol. The molecule has 1 unspecified atom stereocenters. The number of carbonyl (C=O) groups excluding carboxylic acids is 1. The largest absolute Gasteiger partial charge is 0.566 e. The number of H-pyrrole nitrogens is 1. The van der Waals surface area contributed by atoms with Crippen LogP contribution in [0.1, 0.15) is 41.8 Å². The van der Waals surface area contributed by atoms with Gasteiger partial charge < -0.3 is 23.8 Å². The van der Waals surface area contributed by atoms with Crippen LogP contribution in [-0.4, -0.2) is 47.9 Å². The van der Waals surface area contributed by atoms with E-state index in [1.165, 1.54) is 20.0 Å². The zero-order valence-electron chi connectivity index (χ0n) is 25.6. The van der Waals surface area contributed by atoms with Crippen molar-refractivity contribution in [3.63, 3.8) is 0 Å². The number of hydrogen-bond acceptors (Lipinski definition) is 10. The van der Waals surface area contributed by atoms with Crippen LogP contribution in [0.25, 0.3) is 0 Å². The van der Waals surface area contributed by atoms with Crippen molar-refractivity contribution in [2.75, 3.05) is 20.8 Å². The van der Waals surface area contributed by atoms with Gasteiger partial charge in [0.25, 0.3) is 5.56 Å². The van der Waals surface area contributed by atoms with Gasteiger partial charge in [0.15, 0.2) is 5.78 Å². The van der Waals surface area contributed by atoms with E-state index < -0.39 is 48.8 Å². The van der Waals surface area contributed by atoms with E-state index in [2.05, 4.69) is 4.98 Å². The zero-order valence-corrected chi connectivity index (χ0v) is 26.5. The lowest BCUT2D eigenvalue weighted by Crippen LogP contribution is -2.50. The monoisotopic (exact) mass is 648 g/mol. The van der Waals surface area contributed by atoms with Crippen LogP contribution in [0.2, 0.25) is 0 Å². The maximum Gasteiger partial charge on any atom is 0.489 e. The molecule has 46 heavy (non-hydrogen) atoms. The van der Waals surface area contributed by atoms with Crippen LogP contribution < -0.4 is 25.6 Å². The summed E-state index contributed by atoms with van der Waals surface area (Å²) in [6.45, 7) is 2.34. The molecule has 1 fully saturated rings. The molecular weight excluding hydrogens is 615 g/mol. The van der Waals surface area contributed by atoms with E-state index in [0.717, 1.165) is 10.1 Å². The zero-order chi connectivity index (χ0) is 33.1. The highest BCUT2D eigenvalue weighted by atomic mass is 31.1. The lowest BCUT2D eigenvalue weighted by molar-refractivity contribution is -0.203. The van der Waals surface area contributed by atoms with Gasteiger partial charge >= 0.3 is 13.9 Å². The van der Waals surface area contributed by atoms with E-state index in [0.29, 0.717) is 22.6 Å². The number of aryl methyl sites for hydroxylation is 1. The van der Waals surface area contributed by atoms with Crippen LogP contribution in [0.5, 0.6) is 11.5 Å². The normalized spacial score (nSPS) is 19.9. The van der Waals surface area contributed by atoms with E-state index >= 15 is 0 Å². The number of ether oxygens (including phenoxy) is 4. The number of hydrogen-bond donors (Lipinski definition) is 1. The maximum absolute atomic E-state index is 13.3. The first-order valence-corrected chi connectivity index (χ1v) is 15.4. The molecule has 0 aliphatic carbocycles. The van der Waals surface area contributed by atoms with Gasteiger partial charge in [0.1, 0.15) is 29.4 Å².